The van der Waals surface area contributed by atoms with Gasteiger partial charge < -0.3 is 10.0 Å². The van der Waals surface area contributed by atoms with E-state index in [0.717, 1.165) is 25.1 Å². The number of hydrogen-bond donors (Lipinski definition) is 1. The van der Waals surface area contributed by atoms with Crippen LogP contribution in [0.3, 0.4) is 0 Å². The fraction of sp³-hybridized carbons (Fsp3) is 0.923. The molecule has 0 aromatic heterocycles. The summed E-state index contributed by atoms with van der Waals surface area (Å²) in [5.41, 5.74) is 0. The smallest absolute Gasteiger partial charge is 0.222 e. The fourth-order valence-corrected chi connectivity index (χ4v) is 3.31. The third kappa shape index (κ3) is 4.78. The predicted molar refractivity (Wildman–Crippen MR) is 76.9 cm³/mol. The van der Waals surface area contributed by atoms with E-state index < -0.39 is 6.10 Å². The van der Waals surface area contributed by atoms with Gasteiger partial charge in [-0.15, -0.1) is 0 Å². The van der Waals surface area contributed by atoms with Gasteiger partial charge in [-0.3, -0.25) is 9.69 Å². The minimum Gasteiger partial charge on any atom is -0.390 e. The van der Waals surface area contributed by atoms with Gasteiger partial charge in [0.15, 0.2) is 0 Å². The predicted octanol–water partition coefficient (Wildman–Crippen LogP) is 1.04. The third-order valence-corrected chi connectivity index (χ3v) is 4.27. The molecule has 1 aliphatic rings. The maximum Gasteiger partial charge on any atom is 0.222 e. The molecule has 0 radical (unpaired) electrons. The summed E-state index contributed by atoms with van der Waals surface area (Å²) in [4.78, 5) is 15.5. The number of aliphatic hydroxyl groups excluding tert-OH is 1. The standard InChI is InChI=1S/C13H26N2O2S/c1-4-11(10-18-3)14(2)8-12(16)9-15-7-5-6-13(15)17/h11-12,16H,4-10H2,1-3H3. The highest BCUT2D eigenvalue weighted by molar-refractivity contribution is 7.98. The molecule has 1 aliphatic heterocycles. The minimum absolute atomic E-state index is 0.188. The van der Waals surface area contributed by atoms with Crippen molar-refractivity contribution in [1.29, 1.82) is 0 Å². The van der Waals surface area contributed by atoms with Crippen LogP contribution in [-0.4, -0.2) is 71.6 Å². The zero-order chi connectivity index (χ0) is 13.5. The van der Waals surface area contributed by atoms with E-state index in [1.807, 2.05) is 11.8 Å². The molecule has 106 valence electrons. The molecule has 4 nitrogen and oxygen atoms in total. The van der Waals surface area contributed by atoms with Crippen LogP contribution >= 0.6 is 11.8 Å². The largest absolute Gasteiger partial charge is 0.390 e. The van der Waals surface area contributed by atoms with Gasteiger partial charge in [-0.1, -0.05) is 6.92 Å². The number of aliphatic hydroxyl groups is 1. The Morgan fingerprint density at radius 1 is 1.56 bits per heavy atom. The Morgan fingerprint density at radius 3 is 2.78 bits per heavy atom. The summed E-state index contributed by atoms with van der Waals surface area (Å²) >= 11 is 1.84. The summed E-state index contributed by atoms with van der Waals surface area (Å²) < 4.78 is 0. The van der Waals surface area contributed by atoms with Crippen LogP contribution in [0.5, 0.6) is 0 Å². The van der Waals surface area contributed by atoms with Crippen molar-refractivity contribution in [3.8, 4) is 0 Å². The second-order valence-corrected chi connectivity index (χ2v) is 5.96. The van der Waals surface area contributed by atoms with E-state index in [-0.39, 0.29) is 5.91 Å². The third-order valence-electron chi connectivity index (χ3n) is 3.55. The molecule has 0 saturated carbocycles. The second kappa shape index (κ2) is 8.02. The van der Waals surface area contributed by atoms with Gasteiger partial charge in [0.05, 0.1) is 6.10 Å². The molecule has 1 amide bonds. The van der Waals surface area contributed by atoms with Crippen LogP contribution in [0.15, 0.2) is 0 Å². The maximum absolute atomic E-state index is 11.5. The van der Waals surface area contributed by atoms with Gasteiger partial charge in [0.2, 0.25) is 5.91 Å². The molecule has 0 aliphatic carbocycles. The Hall–Kier alpha value is -0.260. The molecular formula is C13H26N2O2S. The van der Waals surface area contributed by atoms with E-state index in [9.17, 15) is 9.90 Å². The van der Waals surface area contributed by atoms with Crippen LogP contribution in [-0.2, 0) is 4.79 Å². The van der Waals surface area contributed by atoms with Crippen molar-refractivity contribution in [1.82, 2.24) is 9.80 Å². The van der Waals surface area contributed by atoms with Crippen molar-refractivity contribution < 1.29 is 9.90 Å². The summed E-state index contributed by atoms with van der Waals surface area (Å²) in [5.74, 6) is 1.27. The second-order valence-electron chi connectivity index (χ2n) is 5.05. The summed E-state index contributed by atoms with van der Waals surface area (Å²) in [6, 6.07) is 0.504. The number of amides is 1. The van der Waals surface area contributed by atoms with E-state index in [2.05, 4.69) is 25.1 Å². The number of carbonyl (C=O) groups excluding carboxylic acids is 1. The summed E-state index contributed by atoms with van der Waals surface area (Å²) in [7, 11) is 2.05. The molecular weight excluding hydrogens is 248 g/mol. The lowest BCUT2D eigenvalue weighted by molar-refractivity contribution is -0.129. The average Bonchev–Trinajstić information content (AvgIpc) is 2.71. The molecule has 0 aromatic carbocycles. The van der Waals surface area contributed by atoms with Crippen molar-refractivity contribution in [3.05, 3.63) is 0 Å². The van der Waals surface area contributed by atoms with E-state index in [1.54, 1.807) is 4.90 Å². The highest BCUT2D eigenvalue weighted by atomic mass is 32.2. The molecule has 1 heterocycles. The highest BCUT2D eigenvalue weighted by Crippen LogP contribution is 2.12. The lowest BCUT2D eigenvalue weighted by Gasteiger charge is -2.30. The number of nitrogens with zero attached hydrogens (tertiary/aromatic N) is 2. The molecule has 2 unspecified atom stereocenters. The van der Waals surface area contributed by atoms with E-state index in [1.165, 1.54) is 0 Å². The average molecular weight is 274 g/mol. The van der Waals surface area contributed by atoms with Crippen molar-refractivity contribution >= 4 is 17.7 Å². The highest BCUT2D eigenvalue weighted by Gasteiger charge is 2.24. The van der Waals surface area contributed by atoms with Gasteiger partial charge in [-0.05, 0) is 26.1 Å². The number of β-amino-alcohol motifs (C(OH)–C–C–N with tert-alkyl or cyclic N) is 1. The van der Waals surface area contributed by atoms with Crippen molar-refractivity contribution in [3.63, 3.8) is 0 Å². The number of thioether (sulfide) groups is 1. The Morgan fingerprint density at radius 2 is 2.28 bits per heavy atom. The fourth-order valence-electron chi connectivity index (χ4n) is 2.44. The van der Waals surface area contributed by atoms with E-state index in [0.29, 0.717) is 25.6 Å². The number of rotatable bonds is 8. The Balaban J connectivity index is 2.33. The van der Waals surface area contributed by atoms with Crippen molar-refractivity contribution in [2.45, 2.75) is 38.3 Å². The molecule has 1 N–H and O–H groups in total. The zero-order valence-electron chi connectivity index (χ0n) is 11.8. The molecule has 2 atom stereocenters. The van der Waals surface area contributed by atoms with Gasteiger partial charge in [-0.2, -0.15) is 11.8 Å². The van der Waals surface area contributed by atoms with Crippen molar-refractivity contribution in [2.75, 3.05) is 38.7 Å². The number of hydrogen-bond acceptors (Lipinski definition) is 4. The molecule has 0 bridgehead atoms. The monoisotopic (exact) mass is 274 g/mol. The topological polar surface area (TPSA) is 43.8 Å². The lowest BCUT2D eigenvalue weighted by atomic mass is 10.2. The van der Waals surface area contributed by atoms with Gasteiger partial charge in [0.1, 0.15) is 0 Å². The number of likely N-dealkylation sites (tertiary alicyclic amines) is 1. The maximum atomic E-state index is 11.5. The summed E-state index contributed by atoms with van der Waals surface area (Å²) in [5, 5.41) is 10.1. The van der Waals surface area contributed by atoms with Crippen LogP contribution in [0.25, 0.3) is 0 Å². The van der Waals surface area contributed by atoms with Gasteiger partial charge in [-0.25, -0.2) is 0 Å². The molecule has 0 spiro atoms. The van der Waals surface area contributed by atoms with Crippen LogP contribution in [0, 0.1) is 0 Å². The molecule has 1 saturated heterocycles. The first-order valence-electron chi connectivity index (χ1n) is 6.73. The van der Waals surface area contributed by atoms with Gasteiger partial charge in [0, 0.05) is 37.8 Å². The normalized spacial score (nSPS) is 19.6. The number of carbonyl (C=O) groups is 1. The summed E-state index contributed by atoms with van der Waals surface area (Å²) in [6.45, 7) is 4.11. The molecule has 1 fully saturated rings. The molecule has 0 aromatic rings. The van der Waals surface area contributed by atoms with E-state index >= 15 is 0 Å². The van der Waals surface area contributed by atoms with Crippen LogP contribution in [0.1, 0.15) is 26.2 Å². The quantitative estimate of drug-likeness (QED) is 0.718. The first-order valence-corrected chi connectivity index (χ1v) is 8.12. The van der Waals surface area contributed by atoms with Gasteiger partial charge in [0.25, 0.3) is 0 Å². The minimum atomic E-state index is -0.437. The zero-order valence-corrected chi connectivity index (χ0v) is 12.6. The van der Waals surface area contributed by atoms with Crippen molar-refractivity contribution in [2.24, 2.45) is 0 Å². The Kier molecular flexibility index (Phi) is 7.04. The van der Waals surface area contributed by atoms with Crippen LogP contribution in [0.2, 0.25) is 0 Å². The first-order chi connectivity index (χ1) is 8.58. The first kappa shape index (κ1) is 15.8. The Labute approximate surface area is 115 Å². The molecule has 18 heavy (non-hydrogen) atoms. The van der Waals surface area contributed by atoms with E-state index in [4.69, 9.17) is 0 Å². The van der Waals surface area contributed by atoms with Gasteiger partial charge >= 0.3 is 0 Å². The number of likely N-dealkylation sites (N-methyl/N-ethyl adjacent to an activating group) is 1. The SMILES string of the molecule is CCC(CSC)N(C)CC(O)CN1CCCC1=O. The lowest BCUT2D eigenvalue weighted by Crippen LogP contribution is -2.43. The Bertz CT molecular complexity index is 263. The van der Waals surface area contributed by atoms with Crippen LogP contribution < -0.4 is 0 Å². The molecule has 1 rings (SSSR count). The molecule has 5 heteroatoms. The summed E-state index contributed by atoms with van der Waals surface area (Å²) in [6.07, 6.45) is 4.34. The van der Waals surface area contributed by atoms with Crippen LogP contribution in [0.4, 0.5) is 0 Å².